The van der Waals surface area contributed by atoms with Gasteiger partial charge in [-0.25, -0.2) is 20.1 Å². The Morgan fingerprint density at radius 2 is 2.24 bits per heavy atom. The van der Waals surface area contributed by atoms with E-state index < -0.39 is 5.03 Å². The summed E-state index contributed by atoms with van der Waals surface area (Å²) in [5.41, 5.74) is 1.71. The Hall–Kier alpha value is -1.90. The predicted molar refractivity (Wildman–Crippen MR) is 64.1 cm³/mol. The number of rotatable bonds is 6. The Bertz CT molecular complexity index is 374. The molecule has 0 atom stereocenters. The van der Waals surface area contributed by atoms with Gasteiger partial charge in [0.2, 0.25) is 0 Å². The van der Waals surface area contributed by atoms with Gasteiger partial charge in [0.25, 0.3) is 5.96 Å². The Morgan fingerprint density at radius 1 is 1.53 bits per heavy atom. The molecule has 0 unspecified atom stereocenters. The van der Waals surface area contributed by atoms with Crippen LogP contribution in [0.2, 0.25) is 0 Å². The van der Waals surface area contributed by atoms with E-state index >= 15 is 0 Å². The molecule has 0 saturated heterocycles. The minimum Gasteiger partial charge on any atom is -0.351 e. The van der Waals surface area contributed by atoms with Gasteiger partial charge in [-0.1, -0.05) is 5.43 Å². The molecule has 0 amide bonds. The molecule has 0 saturated carbocycles. The second-order valence-corrected chi connectivity index (χ2v) is 3.99. The van der Waals surface area contributed by atoms with E-state index in [1.54, 1.807) is 35.6 Å². The number of aromatic nitrogens is 2. The van der Waals surface area contributed by atoms with Gasteiger partial charge < -0.3 is 5.32 Å². The quantitative estimate of drug-likeness (QED) is 0.216. The van der Waals surface area contributed by atoms with E-state index in [0.29, 0.717) is 18.1 Å². The van der Waals surface area contributed by atoms with Crippen molar-refractivity contribution in [3.05, 3.63) is 34.4 Å². The minimum absolute atomic E-state index is 0.313. The van der Waals surface area contributed by atoms with Crippen LogP contribution in [0.3, 0.4) is 0 Å². The maximum atomic E-state index is 9.98. The van der Waals surface area contributed by atoms with Crippen molar-refractivity contribution in [2.45, 2.75) is 5.75 Å². The first kappa shape index (κ1) is 13.2. The van der Waals surface area contributed by atoms with Crippen molar-refractivity contribution in [3.8, 4) is 0 Å². The summed E-state index contributed by atoms with van der Waals surface area (Å²) >= 11 is 1.59. The first-order valence-corrected chi connectivity index (χ1v) is 5.91. The molecule has 1 aromatic rings. The van der Waals surface area contributed by atoms with Crippen molar-refractivity contribution >= 4 is 17.7 Å². The Morgan fingerprint density at radius 3 is 2.88 bits per heavy atom. The summed E-state index contributed by atoms with van der Waals surface area (Å²) in [7, 11) is 0. The number of guanidine groups is 1. The number of hydrazine groups is 1. The Balaban J connectivity index is 2.05. The highest BCUT2D eigenvalue weighted by Crippen LogP contribution is 2.05. The van der Waals surface area contributed by atoms with Crippen LogP contribution in [0.15, 0.2) is 18.5 Å². The molecule has 0 bridgehead atoms. The molecule has 1 aromatic heterocycles. The number of hydrogen-bond donors (Lipinski definition) is 3. The summed E-state index contributed by atoms with van der Waals surface area (Å²) in [6, 6.07) is 1.75. The highest BCUT2D eigenvalue weighted by Gasteiger charge is 2.01. The molecule has 0 aliphatic rings. The van der Waals surface area contributed by atoms with Gasteiger partial charge in [-0.05, 0) is 6.07 Å². The maximum absolute atomic E-state index is 9.98. The number of nitrogens with zero attached hydrogens (tertiary/aromatic N) is 3. The van der Waals surface area contributed by atoms with E-state index in [0.717, 1.165) is 5.82 Å². The van der Waals surface area contributed by atoms with Crippen LogP contribution in [0.25, 0.3) is 0 Å². The second-order valence-electron chi connectivity index (χ2n) is 2.89. The van der Waals surface area contributed by atoms with Gasteiger partial charge in [0.1, 0.15) is 5.82 Å². The van der Waals surface area contributed by atoms with Crippen LogP contribution in [0.5, 0.6) is 0 Å². The fourth-order valence-corrected chi connectivity index (χ4v) is 1.67. The van der Waals surface area contributed by atoms with Gasteiger partial charge in [0, 0.05) is 24.7 Å². The normalized spacial score (nSPS) is 9.65. The monoisotopic (exact) mass is 256 g/mol. The average molecular weight is 256 g/mol. The zero-order valence-electron chi connectivity index (χ0n) is 8.92. The molecule has 1 rings (SSSR count). The van der Waals surface area contributed by atoms with Crippen LogP contribution >= 0.6 is 11.8 Å². The van der Waals surface area contributed by atoms with Gasteiger partial charge >= 0.3 is 0 Å². The van der Waals surface area contributed by atoms with E-state index in [1.165, 1.54) is 0 Å². The van der Waals surface area contributed by atoms with Crippen LogP contribution in [-0.4, -0.2) is 33.3 Å². The number of thioether (sulfide) groups is 1. The molecule has 0 radical (unpaired) electrons. The van der Waals surface area contributed by atoms with E-state index in [1.807, 2.05) is 0 Å². The van der Waals surface area contributed by atoms with Crippen molar-refractivity contribution in [2.24, 2.45) is 0 Å². The van der Waals surface area contributed by atoms with Crippen LogP contribution in [0.1, 0.15) is 5.82 Å². The molecular weight excluding hydrogens is 244 g/mol. The molecule has 0 fully saturated rings. The summed E-state index contributed by atoms with van der Waals surface area (Å²) in [6.07, 6.45) is 3.36. The van der Waals surface area contributed by atoms with Crippen molar-refractivity contribution in [3.63, 3.8) is 0 Å². The van der Waals surface area contributed by atoms with Gasteiger partial charge in [0.15, 0.2) is 5.03 Å². The van der Waals surface area contributed by atoms with Crippen LogP contribution in [-0.2, 0) is 5.75 Å². The minimum atomic E-state index is -0.777. The first-order chi connectivity index (χ1) is 8.18. The molecular formula is C8H12N6O2S. The fourth-order valence-electron chi connectivity index (χ4n) is 0.947. The van der Waals surface area contributed by atoms with Crippen LogP contribution < -0.4 is 10.7 Å². The van der Waals surface area contributed by atoms with Crippen LogP contribution in [0.4, 0.5) is 0 Å². The Labute approximate surface area is 102 Å². The van der Waals surface area contributed by atoms with Crippen molar-refractivity contribution in [2.75, 3.05) is 12.3 Å². The molecule has 1 heterocycles. The lowest BCUT2D eigenvalue weighted by Crippen LogP contribution is -2.40. The third-order valence-electron chi connectivity index (χ3n) is 1.60. The van der Waals surface area contributed by atoms with Gasteiger partial charge in [0.05, 0.1) is 5.75 Å². The number of nitrogens with one attached hydrogen (secondary N) is 3. The highest BCUT2D eigenvalue weighted by molar-refractivity contribution is 7.98. The molecule has 8 nitrogen and oxygen atoms in total. The van der Waals surface area contributed by atoms with E-state index in [9.17, 15) is 10.1 Å². The van der Waals surface area contributed by atoms with E-state index in [2.05, 4.69) is 15.3 Å². The molecule has 0 spiro atoms. The standard InChI is InChI=1S/C8H12N6O2S/c9-8(13-14(15)16)12-4-5-17-6-7-10-2-1-3-11-7/h1-3H,4-6H2,(H3,9,12,13). The molecule has 9 heteroatoms. The SMILES string of the molecule is N=C(NCCSCc1ncccn1)N[N+](=O)[O-]. The lowest BCUT2D eigenvalue weighted by molar-refractivity contribution is -0.525. The first-order valence-electron chi connectivity index (χ1n) is 4.75. The molecule has 0 aromatic carbocycles. The predicted octanol–water partition coefficient (Wildman–Crippen LogP) is 0.0155. The van der Waals surface area contributed by atoms with Gasteiger partial charge in [-0.15, -0.1) is 0 Å². The molecule has 17 heavy (non-hydrogen) atoms. The molecule has 3 N–H and O–H groups in total. The topological polar surface area (TPSA) is 117 Å². The largest absolute Gasteiger partial charge is 0.351 e. The summed E-state index contributed by atoms with van der Waals surface area (Å²) in [5.74, 6) is 1.82. The average Bonchev–Trinajstić information content (AvgIpc) is 2.29. The summed E-state index contributed by atoms with van der Waals surface area (Å²) in [6.45, 7) is 0.469. The smallest absolute Gasteiger partial charge is 0.251 e. The second kappa shape index (κ2) is 7.39. The number of nitro groups is 1. The summed E-state index contributed by atoms with van der Waals surface area (Å²) < 4.78 is 0. The number of hydrogen-bond acceptors (Lipinski definition) is 6. The van der Waals surface area contributed by atoms with Crippen molar-refractivity contribution < 1.29 is 5.03 Å². The molecule has 0 aliphatic heterocycles. The molecule has 0 aliphatic carbocycles. The zero-order chi connectivity index (χ0) is 12.5. The Kier molecular flexibility index (Phi) is 5.72. The van der Waals surface area contributed by atoms with Gasteiger partial charge in [-0.2, -0.15) is 11.8 Å². The maximum Gasteiger partial charge on any atom is 0.251 e. The lowest BCUT2D eigenvalue weighted by atomic mass is 10.6. The summed E-state index contributed by atoms with van der Waals surface area (Å²) in [5, 5.41) is 18.9. The van der Waals surface area contributed by atoms with Crippen LogP contribution in [0, 0.1) is 15.5 Å². The zero-order valence-corrected chi connectivity index (χ0v) is 9.74. The van der Waals surface area contributed by atoms with Gasteiger partial charge in [-0.3, -0.25) is 5.41 Å². The van der Waals surface area contributed by atoms with Crippen molar-refractivity contribution in [1.82, 2.24) is 20.7 Å². The van der Waals surface area contributed by atoms with E-state index in [-0.39, 0.29) is 5.96 Å². The molecule has 92 valence electrons. The van der Waals surface area contributed by atoms with Crippen molar-refractivity contribution in [1.29, 1.82) is 5.41 Å². The third kappa shape index (κ3) is 6.30. The summed E-state index contributed by atoms with van der Waals surface area (Å²) in [4.78, 5) is 18.1. The third-order valence-corrected chi connectivity index (χ3v) is 2.56. The highest BCUT2D eigenvalue weighted by atomic mass is 32.2. The van der Waals surface area contributed by atoms with E-state index in [4.69, 9.17) is 5.41 Å². The fraction of sp³-hybridized carbons (Fsp3) is 0.375. The lowest BCUT2D eigenvalue weighted by Gasteiger charge is -2.04.